The van der Waals surface area contributed by atoms with Gasteiger partial charge in [0.1, 0.15) is 208 Å². The molecule has 9 saturated heterocycles. The normalized spacial score (nSPS) is 47.3. The van der Waals surface area contributed by atoms with E-state index in [0.717, 1.165) is 6.92 Å². The SMILES string of the molecule is C[C@@H]1O[C@@H](O[C@@H]2[C@@H](O)[C@H](O[C@@H]3[C@@H](N)[C@@H](OC4C(O)C(OC5C(OP(=O)(O)O)C(O[C@H]6[C@@H]([C@H](O)CO)O[C@@](O)(C(=O)O)C[C@H]6O[C@]6(C(=O)O)C[C@@H](O)[C@@H](O)[C@@H]([C@H](O)CO)O6)OC(C(O)CO)C5OP(=O)(O)O)OC(C(CO)OP(=O)(O)O)C4O)O[C@H](CO)[C@@H]3O[C@H]3O[C@H](CO)[C@@H](O)[C@H](O)[C@H]3O)O[C@H](CO[C@H]3O[C@H](CO)[C@@H](O)[C@H](O)[C@H]3O)[C@H]2O)[C@H](O)[C@H](O)[C@H]1O. The summed E-state index contributed by atoms with van der Waals surface area (Å²) in [5.41, 5.74) is 6.91. The number of rotatable bonds is 36. The van der Waals surface area contributed by atoms with Crippen LogP contribution in [0.3, 0.4) is 0 Å². The monoisotopic (exact) mass is 1880 g/mol. The lowest BCUT2D eigenvalue weighted by molar-refractivity contribution is -0.405. The van der Waals surface area contributed by atoms with Gasteiger partial charge >= 0.3 is 35.4 Å². The van der Waals surface area contributed by atoms with Gasteiger partial charge < -0.3 is 259 Å². The van der Waals surface area contributed by atoms with E-state index in [-0.39, 0.29) is 0 Å². The van der Waals surface area contributed by atoms with Crippen LogP contribution in [0.15, 0.2) is 0 Å². The first kappa shape index (κ1) is 104. The highest BCUT2D eigenvalue weighted by Gasteiger charge is 2.66. The molecule has 123 heavy (non-hydrogen) atoms. The van der Waals surface area contributed by atoms with Crippen LogP contribution in [-0.2, 0) is 117 Å². The Kier molecular flexibility index (Phi) is 36.1. The highest BCUT2D eigenvalue weighted by molar-refractivity contribution is 7.46. The second kappa shape index (κ2) is 42.6. The van der Waals surface area contributed by atoms with Crippen LogP contribution in [0.25, 0.3) is 0 Å². The summed E-state index contributed by atoms with van der Waals surface area (Å²) in [6.07, 6.45) is -114. The molecule has 63 heteroatoms. The molecule has 0 spiro atoms. The van der Waals surface area contributed by atoms with Crippen LogP contribution in [0.4, 0.5) is 0 Å². The molecular weight excluding hydrogens is 1770 g/mol. The van der Waals surface area contributed by atoms with E-state index in [1.165, 1.54) is 0 Å². The van der Waals surface area contributed by atoms with Gasteiger partial charge in [-0.05, 0) is 6.92 Å². The maximum atomic E-state index is 13.5. The molecule has 47 atom stereocenters. The van der Waals surface area contributed by atoms with E-state index < -0.39 is 389 Å². The average molecular weight is 1880 g/mol. The lowest BCUT2D eigenvalue weighted by atomic mass is 9.89. The van der Waals surface area contributed by atoms with Gasteiger partial charge in [-0.15, -0.1) is 0 Å². The van der Waals surface area contributed by atoms with Crippen molar-refractivity contribution in [1.29, 1.82) is 0 Å². The molecule has 0 aliphatic carbocycles. The molecule has 12 unspecified atom stereocenters. The van der Waals surface area contributed by atoms with E-state index >= 15 is 0 Å². The van der Waals surface area contributed by atoms with Gasteiger partial charge in [-0.25, -0.2) is 23.3 Å². The number of carbonyl (C=O) groups is 2. The molecule has 9 aliphatic heterocycles. The molecule has 718 valence electrons. The average Bonchev–Trinajstić information content (AvgIpc) is 0.742. The van der Waals surface area contributed by atoms with Crippen molar-refractivity contribution < 1.29 is 290 Å². The minimum Gasteiger partial charge on any atom is -0.477 e. The molecule has 0 aromatic carbocycles. The number of hydrogen-bond donors (Lipinski definition) is 35. The first-order valence-electron chi connectivity index (χ1n) is 37.1. The van der Waals surface area contributed by atoms with Crippen molar-refractivity contribution in [2.75, 3.05) is 52.9 Å². The van der Waals surface area contributed by atoms with Crippen molar-refractivity contribution in [3.05, 3.63) is 0 Å². The summed E-state index contributed by atoms with van der Waals surface area (Å²) in [6, 6.07) is -2.48. The number of carboxylic acids is 2. The standard InChI is InChI=1S/C60H104NO59P3/c1-12-24(73)29(78)33(82)52(102-12)113-45-28(77)22(11-101-51-32(81)30(79)26(75)18(7-65)103-51)106-54(36(45)85)111-44-23(61)50(105-20(9-67)43(44)109-53-34(83)31(80)27(76)19(8-66)104-53)112-46-35(84)41(21(10-68)118-121(92,93)94)108-55(37(46)86)114-47-48(119-122(95,96)97)39(15(71)5-63)107-56(49(47)120-123(98,99)100)110-42-17(3-59(91,57(87)88)116-40(42)16(72)6-64)115-60(58(89)90)2-13(69)25(74)38(117-60)14(70)4-62/h12-56,62-86,91H,2-11,61H2,1H3,(H,87,88)(H,89,90)(H2,92,93,94)(H2,95,96,97)(H2,98,99,100)/t12-,13+,14+,15?,16+,17+,18+,19+,20+,21?,22+,23+,24-,25+,26+,27+,28+,29+,30-,31-,32+,33+,34+,35?,36+,37?,38+,39?,40+,41?,42+,43-,44+,45-,46?,47?,48?,49?,50+,51-,52-,53+,54-,55?,56?,59+,60+/m0/s1. The van der Waals surface area contributed by atoms with Crippen LogP contribution in [-0.4, -0.2) is 525 Å². The highest BCUT2D eigenvalue weighted by Crippen LogP contribution is 2.51. The first-order chi connectivity index (χ1) is 57.3. The number of ether oxygens (including phenoxy) is 17. The summed E-state index contributed by atoms with van der Waals surface area (Å²) in [5, 5.41) is 308. The van der Waals surface area contributed by atoms with Gasteiger partial charge in [0.2, 0.25) is 0 Å². The second-order valence-corrected chi connectivity index (χ2v) is 33.5. The largest absolute Gasteiger partial charge is 0.477 e. The number of phosphoric ester groups is 3. The van der Waals surface area contributed by atoms with Crippen LogP contribution < -0.4 is 5.73 Å². The molecule has 0 bridgehead atoms. The van der Waals surface area contributed by atoms with E-state index in [2.05, 4.69) is 0 Å². The van der Waals surface area contributed by atoms with Gasteiger partial charge in [-0.3, -0.25) is 13.6 Å². The molecule has 9 heterocycles. The Hall–Kier alpha value is -2.49. The Balaban J connectivity index is 1.16. The molecule has 0 aromatic heterocycles. The zero-order valence-corrected chi connectivity index (χ0v) is 66.1. The fourth-order valence-electron chi connectivity index (χ4n) is 15.0. The second-order valence-electron chi connectivity index (χ2n) is 29.9. The number of aliphatic hydroxyl groups is 26. The molecule has 0 radical (unpaired) electrons. The number of hydrogen-bond acceptors (Lipinski definition) is 52. The summed E-state index contributed by atoms with van der Waals surface area (Å²) in [4.78, 5) is 89.2. The fraction of sp³-hybridized carbons (Fsp3) is 0.967. The van der Waals surface area contributed by atoms with Crippen LogP contribution in [0, 0.1) is 0 Å². The van der Waals surface area contributed by atoms with Gasteiger partial charge in [0.25, 0.3) is 11.6 Å². The van der Waals surface area contributed by atoms with Crippen molar-refractivity contribution >= 4 is 35.4 Å². The molecule has 36 N–H and O–H groups in total. The predicted molar refractivity (Wildman–Crippen MR) is 365 cm³/mol. The van der Waals surface area contributed by atoms with Gasteiger partial charge in [-0.2, -0.15) is 0 Å². The predicted octanol–water partition coefficient (Wildman–Crippen LogP) is -20.9. The number of aliphatic hydroxyl groups excluding tert-OH is 25. The van der Waals surface area contributed by atoms with E-state index in [9.17, 15) is 196 Å². The molecule has 9 rings (SSSR count). The molecule has 0 aromatic rings. The van der Waals surface area contributed by atoms with Crippen molar-refractivity contribution in [3.63, 3.8) is 0 Å². The van der Waals surface area contributed by atoms with E-state index in [1.54, 1.807) is 0 Å². The van der Waals surface area contributed by atoms with Crippen LogP contribution >= 0.6 is 23.5 Å². The molecule has 0 saturated carbocycles. The number of phosphoric acid groups is 3. The Bertz CT molecular complexity index is 3510. The quantitative estimate of drug-likeness (QED) is 0.0259. The van der Waals surface area contributed by atoms with Crippen LogP contribution in [0.2, 0.25) is 0 Å². The first-order valence-corrected chi connectivity index (χ1v) is 41.7. The summed E-state index contributed by atoms with van der Waals surface area (Å²) >= 11 is 0. The van der Waals surface area contributed by atoms with Crippen LogP contribution in [0.5, 0.6) is 0 Å². The van der Waals surface area contributed by atoms with Crippen LogP contribution in [0.1, 0.15) is 19.8 Å². The Morgan fingerprint density at radius 3 is 1.37 bits per heavy atom. The minimum absolute atomic E-state index is 1.03. The summed E-state index contributed by atoms with van der Waals surface area (Å²) in [7, 11) is -19.1. The third kappa shape index (κ3) is 23.6. The third-order valence-electron chi connectivity index (χ3n) is 21.4. The highest BCUT2D eigenvalue weighted by atomic mass is 31.2. The molecule has 9 aliphatic rings. The zero-order chi connectivity index (χ0) is 91.8. The van der Waals surface area contributed by atoms with Crippen molar-refractivity contribution in [1.82, 2.24) is 0 Å². The number of aliphatic carboxylic acids is 2. The van der Waals surface area contributed by atoms with Crippen molar-refractivity contribution in [2.45, 2.75) is 307 Å². The molecule has 9 fully saturated rings. The lowest BCUT2D eigenvalue weighted by Gasteiger charge is -2.53. The van der Waals surface area contributed by atoms with E-state index in [4.69, 9.17) is 99.8 Å². The maximum absolute atomic E-state index is 13.5. The molecular formula is C60H104NO59P3. The van der Waals surface area contributed by atoms with E-state index in [0.29, 0.717) is 0 Å². The van der Waals surface area contributed by atoms with Crippen molar-refractivity contribution in [3.8, 4) is 0 Å². The minimum atomic E-state index is -6.58. The Labute approximate surface area is 689 Å². The van der Waals surface area contributed by atoms with Gasteiger partial charge in [-0.1, -0.05) is 0 Å². The summed E-state index contributed by atoms with van der Waals surface area (Å²) < 4.78 is 152. The zero-order valence-electron chi connectivity index (χ0n) is 63.4. The Morgan fingerprint density at radius 1 is 0.398 bits per heavy atom. The number of carboxylic acid groups (broad SMARTS) is 2. The maximum Gasteiger partial charge on any atom is 0.470 e. The fourth-order valence-corrected chi connectivity index (χ4v) is 16.6. The topological polar surface area (TPSA) is 984 Å². The van der Waals surface area contributed by atoms with Crippen molar-refractivity contribution in [2.24, 2.45) is 5.73 Å². The summed E-state index contributed by atoms with van der Waals surface area (Å²) in [6.45, 7) is -10.3. The smallest absolute Gasteiger partial charge is 0.470 e. The lowest BCUT2D eigenvalue weighted by Crippen LogP contribution is -2.71. The van der Waals surface area contributed by atoms with Gasteiger partial charge in [0, 0.05) is 12.8 Å². The van der Waals surface area contributed by atoms with Gasteiger partial charge in [0.05, 0.1) is 77.2 Å². The Morgan fingerprint density at radius 2 is 0.837 bits per heavy atom. The van der Waals surface area contributed by atoms with Gasteiger partial charge in [0.15, 0.2) is 44.0 Å². The third-order valence-corrected chi connectivity index (χ3v) is 23.0. The number of nitrogens with two attached hydrogens (primary N) is 1. The summed E-state index contributed by atoms with van der Waals surface area (Å²) in [5.74, 6) is -12.3. The van der Waals surface area contributed by atoms with E-state index in [1.807, 2.05) is 0 Å². The molecule has 0 amide bonds. The molecule has 60 nitrogen and oxygen atoms in total.